The van der Waals surface area contributed by atoms with E-state index in [1.54, 1.807) is 19.1 Å². The van der Waals surface area contributed by atoms with Crippen molar-refractivity contribution in [3.63, 3.8) is 0 Å². The average molecular weight is 467 g/mol. The first kappa shape index (κ1) is 23.8. The predicted molar refractivity (Wildman–Crippen MR) is 114 cm³/mol. The van der Waals surface area contributed by atoms with Crippen molar-refractivity contribution >= 4 is 27.6 Å². The number of hydrogen-bond acceptors (Lipinski definition) is 5. The number of amides is 1. The average Bonchev–Trinajstić information content (AvgIpc) is 3.05. The zero-order valence-corrected chi connectivity index (χ0v) is 18.4. The topological polar surface area (TPSA) is 92.8 Å². The van der Waals surface area contributed by atoms with Gasteiger partial charge in [0, 0.05) is 18.8 Å². The van der Waals surface area contributed by atoms with Crippen molar-refractivity contribution < 1.29 is 31.5 Å². The number of nitrogens with one attached hydrogen (secondary N) is 1. The second kappa shape index (κ2) is 10.2. The molecule has 0 spiro atoms. The van der Waals surface area contributed by atoms with Crippen LogP contribution in [0.3, 0.4) is 0 Å². The van der Waals surface area contributed by atoms with Gasteiger partial charge in [-0.15, -0.1) is 0 Å². The zero-order valence-electron chi connectivity index (χ0n) is 17.6. The van der Waals surface area contributed by atoms with Gasteiger partial charge < -0.3 is 10.1 Å². The number of halogens is 2. The minimum Gasteiger partial charge on any atom is -0.452 e. The Labute approximate surface area is 185 Å². The fraction of sp³-hybridized carbons (Fsp3) is 0.364. The summed E-state index contributed by atoms with van der Waals surface area (Å²) in [6.45, 7) is 1.91. The predicted octanol–water partition coefficient (Wildman–Crippen LogP) is 3.63. The minimum atomic E-state index is -3.71. The van der Waals surface area contributed by atoms with Crippen molar-refractivity contribution in [2.24, 2.45) is 0 Å². The molecule has 0 aromatic heterocycles. The number of rotatable bonds is 6. The number of hydrogen-bond donors (Lipinski definition) is 1. The molecule has 10 heteroatoms. The van der Waals surface area contributed by atoms with Crippen molar-refractivity contribution in [2.45, 2.75) is 37.5 Å². The largest absolute Gasteiger partial charge is 0.452 e. The highest BCUT2D eigenvalue weighted by Crippen LogP contribution is 2.26. The van der Waals surface area contributed by atoms with Crippen LogP contribution >= 0.6 is 0 Å². The standard InChI is InChI=1S/C22H24F2N2O5S/c1-15-6-8-17(13-20(15)32(29,30)26-10-4-2-3-5-11-26)25-21(27)14-31-22(28)16-7-9-18(23)19(24)12-16/h6-9,12-13H,2-5,10-11,14H2,1H3,(H,25,27). The van der Waals surface area contributed by atoms with Crippen LogP contribution in [0.15, 0.2) is 41.3 Å². The van der Waals surface area contributed by atoms with E-state index in [-0.39, 0.29) is 16.1 Å². The van der Waals surface area contributed by atoms with Gasteiger partial charge in [0.15, 0.2) is 18.2 Å². The molecule has 1 aliphatic rings. The summed E-state index contributed by atoms with van der Waals surface area (Å²) in [6.07, 6.45) is 3.59. The van der Waals surface area contributed by atoms with Gasteiger partial charge in [-0.3, -0.25) is 4.79 Å². The molecule has 1 N–H and O–H groups in total. The highest BCUT2D eigenvalue weighted by molar-refractivity contribution is 7.89. The number of aryl methyl sites for hydroxylation is 1. The molecule has 0 unspecified atom stereocenters. The van der Waals surface area contributed by atoms with Gasteiger partial charge in [-0.2, -0.15) is 4.31 Å². The van der Waals surface area contributed by atoms with Gasteiger partial charge in [0.1, 0.15) is 0 Å². The molecule has 172 valence electrons. The van der Waals surface area contributed by atoms with Crippen LogP contribution in [-0.4, -0.2) is 44.3 Å². The molecule has 3 rings (SSSR count). The Balaban J connectivity index is 1.66. The molecule has 2 aromatic carbocycles. The van der Waals surface area contributed by atoms with Crippen LogP contribution in [0.5, 0.6) is 0 Å². The third-order valence-electron chi connectivity index (χ3n) is 5.14. The Kier molecular flexibility index (Phi) is 7.57. The van der Waals surface area contributed by atoms with E-state index in [0.29, 0.717) is 24.7 Å². The van der Waals surface area contributed by atoms with Gasteiger partial charge in [-0.25, -0.2) is 22.0 Å². The lowest BCUT2D eigenvalue weighted by Gasteiger charge is -2.21. The van der Waals surface area contributed by atoms with E-state index in [2.05, 4.69) is 5.32 Å². The Hall–Kier alpha value is -2.85. The van der Waals surface area contributed by atoms with Crippen LogP contribution in [0.2, 0.25) is 0 Å². The molecule has 1 heterocycles. The van der Waals surface area contributed by atoms with Gasteiger partial charge in [0.25, 0.3) is 5.91 Å². The number of ether oxygens (including phenoxy) is 1. The monoisotopic (exact) mass is 466 g/mol. The summed E-state index contributed by atoms with van der Waals surface area (Å²) in [5.41, 5.74) is 0.549. The van der Waals surface area contributed by atoms with Gasteiger partial charge in [-0.1, -0.05) is 18.9 Å². The molecule has 7 nitrogen and oxygen atoms in total. The Morgan fingerprint density at radius 2 is 1.69 bits per heavy atom. The fourth-order valence-corrected chi connectivity index (χ4v) is 5.18. The van der Waals surface area contributed by atoms with Crippen LogP contribution in [0.25, 0.3) is 0 Å². The number of benzene rings is 2. The first-order chi connectivity index (χ1) is 15.2. The quantitative estimate of drug-likeness (QED) is 0.657. The van der Waals surface area contributed by atoms with Crippen LogP contribution in [0, 0.1) is 18.6 Å². The maximum atomic E-state index is 13.2. The number of nitrogens with zero attached hydrogens (tertiary/aromatic N) is 1. The summed E-state index contributed by atoms with van der Waals surface area (Å²) < 4.78 is 58.7. The third-order valence-corrected chi connectivity index (χ3v) is 7.19. The maximum Gasteiger partial charge on any atom is 0.338 e. The van der Waals surface area contributed by atoms with Gasteiger partial charge in [0.05, 0.1) is 10.5 Å². The van der Waals surface area contributed by atoms with E-state index in [1.165, 1.54) is 10.4 Å². The molecule has 0 aliphatic carbocycles. The number of anilines is 1. The lowest BCUT2D eigenvalue weighted by molar-refractivity contribution is -0.119. The minimum absolute atomic E-state index is 0.107. The highest BCUT2D eigenvalue weighted by Gasteiger charge is 2.27. The van der Waals surface area contributed by atoms with Gasteiger partial charge >= 0.3 is 5.97 Å². The van der Waals surface area contributed by atoms with E-state index in [1.807, 2.05) is 0 Å². The molecule has 32 heavy (non-hydrogen) atoms. The number of carbonyl (C=O) groups is 2. The molecule has 1 saturated heterocycles. The summed E-state index contributed by atoms with van der Waals surface area (Å²) in [6, 6.07) is 7.02. The lowest BCUT2D eigenvalue weighted by atomic mass is 10.2. The highest BCUT2D eigenvalue weighted by atomic mass is 32.2. The maximum absolute atomic E-state index is 13.2. The third kappa shape index (κ3) is 5.68. The van der Waals surface area contributed by atoms with E-state index in [9.17, 15) is 26.8 Å². The van der Waals surface area contributed by atoms with Gasteiger partial charge in [-0.05, 0) is 55.7 Å². The van der Waals surface area contributed by atoms with Crippen molar-refractivity contribution in [3.05, 3.63) is 59.2 Å². The van der Waals surface area contributed by atoms with E-state index >= 15 is 0 Å². The van der Waals surface area contributed by atoms with Crippen LogP contribution < -0.4 is 5.32 Å². The number of esters is 1. The summed E-state index contributed by atoms with van der Waals surface area (Å²) in [7, 11) is -3.71. The first-order valence-corrected chi connectivity index (χ1v) is 11.7. The lowest BCUT2D eigenvalue weighted by Crippen LogP contribution is -2.32. The first-order valence-electron chi connectivity index (χ1n) is 10.2. The number of carbonyl (C=O) groups excluding carboxylic acids is 2. The van der Waals surface area contributed by atoms with Crippen molar-refractivity contribution in [1.29, 1.82) is 0 Å². The molecular formula is C22H24F2N2O5S. The van der Waals surface area contributed by atoms with E-state index in [4.69, 9.17) is 4.74 Å². The molecule has 0 saturated carbocycles. The van der Waals surface area contributed by atoms with Crippen LogP contribution in [-0.2, 0) is 19.6 Å². The van der Waals surface area contributed by atoms with Crippen molar-refractivity contribution in [1.82, 2.24) is 4.31 Å². The van der Waals surface area contributed by atoms with Gasteiger partial charge in [0.2, 0.25) is 10.0 Å². The molecule has 1 amide bonds. The Morgan fingerprint density at radius 3 is 2.34 bits per heavy atom. The van der Waals surface area contributed by atoms with E-state index < -0.39 is 40.1 Å². The second-order valence-electron chi connectivity index (χ2n) is 7.55. The normalized spacial score (nSPS) is 15.1. The zero-order chi connectivity index (χ0) is 23.3. The molecule has 0 radical (unpaired) electrons. The van der Waals surface area contributed by atoms with Crippen molar-refractivity contribution in [3.8, 4) is 0 Å². The van der Waals surface area contributed by atoms with E-state index in [0.717, 1.165) is 37.8 Å². The summed E-state index contributed by atoms with van der Waals surface area (Å²) in [5.74, 6) is -4.01. The Morgan fingerprint density at radius 1 is 1.00 bits per heavy atom. The summed E-state index contributed by atoms with van der Waals surface area (Å²) in [5, 5.41) is 2.49. The molecule has 1 fully saturated rings. The van der Waals surface area contributed by atoms with Crippen LogP contribution in [0.1, 0.15) is 41.6 Å². The molecular weight excluding hydrogens is 442 g/mol. The molecule has 0 atom stereocenters. The second-order valence-corrected chi connectivity index (χ2v) is 9.46. The fourth-order valence-electron chi connectivity index (χ4n) is 3.41. The summed E-state index contributed by atoms with van der Waals surface area (Å²) >= 11 is 0. The smallest absolute Gasteiger partial charge is 0.338 e. The summed E-state index contributed by atoms with van der Waals surface area (Å²) in [4.78, 5) is 24.2. The molecule has 2 aromatic rings. The SMILES string of the molecule is Cc1ccc(NC(=O)COC(=O)c2ccc(F)c(F)c2)cc1S(=O)(=O)N1CCCCCC1. The number of sulfonamides is 1. The molecule has 1 aliphatic heterocycles. The molecule has 0 bridgehead atoms. The van der Waals surface area contributed by atoms with Crippen LogP contribution in [0.4, 0.5) is 14.5 Å². The van der Waals surface area contributed by atoms with Crippen molar-refractivity contribution in [2.75, 3.05) is 25.0 Å². The Bertz CT molecular complexity index is 1110.